The van der Waals surface area contributed by atoms with Crippen LogP contribution in [0.2, 0.25) is 0 Å². The highest BCUT2D eigenvalue weighted by Crippen LogP contribution is 2.05. The number of nitrogens with one attached hydrogen (secondary N) is 1. The van der Waals surface area contributed by atoms with E-state index in [4.69, 9.17) is 5.11 Å². The van der Waals surface area contributed by atoms with Crippen LogP contribution in [0.5, 0.6) is 0 Å². The summed E-state index contributed by atoms with van der Waals surface area (Å²) in [5, 5.41) is 11.8. The summed E-state index contributed by atoms with van der Waals surface area (Å²) in [4.78, 5) is 10.6. The van der Waals surface area contributed by atoms with Crippen molar-refractivity contribution in [1.82, 2.24) is 5.32 Å². The number of ketones is 1. The lowest BCUT2D eigenvalue weighted by atomic mass is 10.1. The van der Waals surface area contributed by atoms with Gasteiger partial charge < -0.3 is 10.4 Å². The molecule has 9 heavy (non-hydrogen) atoms. The summed E-state index contributed by atoms with van der Waals surface area (Å²) < 4.78 is 0. The van der Waals surface area contributed by atoms with E-state index >= 15 is 0 Å². The van der Waals surface area contributed by atoms with E-state index in [-0.39, 0.29) is 17.9 Å². The molecule has 3 heteroatoms. The zero-order valence-electron chi connectivity index (χ0n) is 5.42. The van der Waals surface area contributed by atoms with Gasteiger partial charge in [-0.25, -0.2) is 0 Å². The van der Waals surface area contributed by atoms with E-state index in [1.807, 2.05) is 0 Å². The van der Waals surface area contributed by atoms with Crippen LogP contribution in [-0.4, -0.2) is 29.6 Å². The van der Waals surface area contributed by atoms with E-state index < -0.39 is 0 Å². The van der Waals surface area contributed by atoms with Gasteiger partial charge in [-0.15, -0.1) is 0 Å². The Balaban J connectivity index is 2.39. The molecule has 0 aromatic carbocycles. The van der Waals surface area contributed by atoms with Crippen LogP contribution in [0.1, 0.15) is 13.3 Å². The highest BCUT2D eigenvalue weighted by atomic mass is 16.3. The zero-order chi connectivity index (χ0) is 6.85. The van der Waals surface area contributed by atoms with Gasteiger partial charge in [0, 0.05) is 6.54 Å². The van der Waals surface area contributed by atoms with E-state index in [0.717, 1.165) is 0 Å². The molecule has 1 aliphatic rings. The van der Waals surface area contributed by atoms with Crippen LogP contribution < -0.4 is 5.32 Å². The fourth-order valence-electron chi connectivity index (χ4n) is 1.03. The molecule has 1 saturated heterocycles. The Morgan fingerprint density at radius 2 is 2.44 bits per heavy atom. The molecule has 0 aromatic rings. The number of hydrogen-bond donors (Lipinski definition) is 2. The maximum absolute atomic E-state index is 10.6. The van der Waals surface area contributed by atoms with Crippen LogP contribution in [-0.2, 0) is 4.79 Å². The molecule has 0 radical (unpaired) electrons. The van der Waals surface area contributed by atoms with Crippen LogP contribution in [0.15, 0.2) is 0 Å². The van der Waals surface area contributed by atoms with Crippen molar-refractivity contribution >= 4 is 5.78 Å². The summed E-state index contributed by atoms with van der Waals surface area (Å²) in [6.07, 6.45) is 0.258. The predicted molar refractivity (Wildman–Crippen MR) is 33.1 cm³/mol. The van der Waals surface area contributed by atoms with Gasteiger partial charge >= 0.3 is 0 Å². The van der Waals surface area contributed by atoms with E-state index in [2.05, 4.69) is 5.32 Å². The first kappa shape index (κ1) is 6.71. The van der Waals surface area contributed by atoms with E-state index in [0.29, 0.717) is 13.0 Å². The molecule has 1 unspecified atom stereocenters. The van der Waals surface area contributed by atoms with Gasteiger partial charge in [0.1, 0.15) is 5.78 Å². The molecule has 1 aliphatic heterocycles. The zero-order valence-corrected chi connectivity index (χ0v) is 5.42. The van der Waals surface area contributed by atoms with Crippen LogP contribution in [0, 0.1) is 0 Å². The van der Waals surface area contributed by atoms with Gasteiger partial charge in [0.2, 0.25) is 0 Å². The van der Waals surface area contributed by atoms with Crippen LogP contribution in [0.3, 0.4) is 0 Å². The number of carbonyl (C=O) groups excluding carboxylic acids is 1. The molecular formula is C6H11NO2. The lowest BCUT2D eigenvalue weighted by Gasteiger charge is -2.01. The molecule has 1 fully saturated rings. The van der Waals surface area contributed by atoms with Gasteiger partial charge in [0.05, 0.1) is 12.1 Å². The maximum Gasteiger partial charge on any atom is 0.146 e. The summed E-state index contributed by atoms with van der Waals surface area (Å²) >= 11 is 0. The van der Waals surface area contributed by atoms with Crippen LogP contribution >= 0.6 is 0 Å². The number of aliphatic hydroxyl groups excluding tert-OH is 1. The molecule has 52 valence electrons. The molecule has 0 aromatic heterocycles. The minimum atomic E-state index is -0.320. The molecule has 3 nitrogen and oxygen atoms in total. The molecule has 0 aliphatic carbocycles. The second kappa shape index (κ2) is 2.45. The van der Waals surface area contributed by atoms with Crippen molar-refractivity contribution in [3.8, 4) is 0 Å². The number of β-amino-alcohol motifs (C(OH)–C–C–N with tert-alkyl or cyclic N) is 1. The largest absolute Gasteiger partial charge is 0.392 e. The SMILES string of the molecule is CC(=O)C1C[C@H](O)CN1. The van der Waals surface area contributed by atoms with Crippen molar-refractivity contribution in [1.29, 1.82) is 0 Å². The lowest BCUT2D eigenvalue weighted by Crippen LogP contribution is -2.28. The second-order valence-corrected chi connectivity index (χ2v) is 2.46. The van der Waals surface area contributed by atoms with E-state index in [9.17, 15) is 4.79 Å². The maximum atomic E-state index is 10.6. The molecular weight excluding hydrogens is 118 g/mol. The van der Waals surface area contributed by atoms with Crippen LogP contribution in [0.25, 0.3) is 0 Å². The highest BCUT2D eigenvalue weighted by molar-refractivity contribution is 5.81. The number of rotatable bonds is 1. The summed E-state index contributed by atoms with van der Waals surface area (Å²) in [5.74, 6) is 0.117. The predicted octanol–water partition coefficient (Wildman–Crippen LogP) is -0.702. The fourth-order valence-corrected chi connectivity index (χ4v) is 1.03. The summed E-state index contributed by atoms with van der Waals surface area (Å²) in [6.45, 7) is 2.10. The van der Waals surface area contributed by atoms with Crippen molar-refractivity contribution in [2.75, 3.05) is 6.54 Å². The van der Waals surface area contributed by atoms with Crippen molar-refractivity contribution in [2.24, 2.45) is 0 Å². The van der Waals surface area contributed by atoms with Gasteiger partial charge in [-0.05, 0) is 13.3 Å². The number of carbonyl (C=O) groups is 1. The van der Waals surface area contributed by atoms with Gasteiger partial charge in [-0.3, -0.25) is 4.79 Å². The third-order valence-corrected chi connectivity index (χ3v) is 1.60. The third-order valence-electron chi connectivity index (χ3n) is 1.60. The molecule has 1 rings (SSSR count). The number of Topliss-reactive ketones (excluding diaryl/α,β-unsaturated/α-hetero) is 1. The molecule has 0 bridgehead atoms. The number of aliphatic hydroxyl groups is 1. The monoisotopic (exact) mass is 129 g/mol. The molecule has 0 spiro atoms. The Bertz CT molecular complexity index is 124. The Morgan fingerprint density at radius 1 is 1.78 bits per heavy atom. The average molecular weight is 129 g/mol. The Labute approximate surface area is 54.1 Å². The molecule has 2 N–H and O–H groups in total. The van der Waals surface area contributed by atoms with Gasteiger partial charge in [0.15, 0.2) is 0 Å². The Hall–Kier alpha value is -0.410. The summed E-state index contributed by atoms with van der Waals surface area (Å²) in [7, 11) is 0. The molecule has 1 heterocycles. The normalized spacial score (nSPS) is 34.9. The Kier molecular flexibility index (Phi) is 1.83. The minimum absolute atomic E-state index is 0.0972. The minimum Gasteiger partial charge on any atom is -0.392 e. The lowest BCUT2D eigenvalue weighted by molar-refractivity contribution is -0.118. The van der Waals surface area contributed by atoms with Crippen molar-refractivity contribution in [3.63, 3.8) is 0 Å². The standard InChI is InChI=1S/C6H11NO2/c1-4(8)6-2-5(9)3-7-6/h5-7,9H,2-3H2,1H3/t5-,6?/m0/s1. The quantitative estimate of drug-likeness (QED) is 0.492. The Morgan fingerprint density at radius 3 is 2.67 bits per heavy atom. The summed E-state index contributed by atoms with van der Waals surface area (Å²) in [6, 6.07) is -0.0972. The first-order chi connectivity index (χ1) is 4.20. The third kappa shape index (κ3) is 1.50. The van der Waals surface area contributed by atoms with Gasteiger partial charge in [-0.2, -0.15) is 0 Å². The molecule has 0 amide bonds. The molecule has 0 saturated carbocycles. The van der Waals surface area contributed by atoms with Crippen molar-refractivity contribution in [3.05, 3.63) is 0 Å². The molecule has 2 atom stereocenters. The van der Waals surface area contributed by atoms with Gasteiger partial charge in [0.25, 0.3) is 0 Å². The summed E-state index contributed by atoms with van der Waals surface area (Å²) in [5.41, 5.74) is 0. The number of hydrogen-bond acceptors (Lipinski definition) is 3. The van der Waals surface area contributed by atoms with E-state index in [1.165, 1.54) is 6.92 Å². The fraction of sp³-hybridized carbons (Fsp3) is 0.833. The average Bonchev–Trinajstić information content (AvgIpc) is 2.14. The topological polar surface area (TPSA) is 49.3 Å². The first-order valence-electron chi connectivity index (χ1n) is 3.12. The smallest absolute Gasteiger partial charge is 0.146 e. The van der Waals surface area contributed by atoms with Gasteiger partial charge in [-0.1, -0.05) is 0 Å². The van der Waals surface area contributed by atoms with E-state index in [1.54, 1.807) is 0 Å². The van der Waals surface area contributed by atoms with Crippen molar-refractivity contribution in [2.45, 2.75) is 25.5 Å². The highest BCUT2D eigenvalue weighted by Gasteiger charge is 2.24. The first-order valence-corrected chi connectivity index (χ1v) is 3.12. The van der Waals surface area contributed by atoms with Crippen LogP contribution in [0.4, 0.5) is 0 Å². The van der Waals surface area contributed by atoms with Crippen molar-refractivity contribution < 1.29 is 9.90 Å². The second-order valence-electron chi connectivity index (χ2n) is 2.46.